The molecule has 4 atom stereocenters. The lowest BCUT2D eigenvalue weighted by Crippen LogP contribution is -2.63. The third kappa shape index (κ3) is 3.48. The van der Waals surface area contributed by atoms with Gasteiger partial charge in [0.2, 0.25) is 5.60 Å². The van der Waals surface area contributed by atoms with E-state index in [0.29, 0.717) is 6.42 Å². The standard InChI is InChI=1S/C18H26O8/c1-2-3-4-5-6-7-8-9-10-12-11-17(16(23)25-12)18(24,15(21)22)13(19)14(20)26-17/h2,12-13,19,24H,1,3-11H2,(H,21,22)/t12?,13-,17-,18?/m0/s1. The van der Waals surface area contributed by atoms with Crippen LogP contribution in [0.2, 0.25) is 0 Å². The molecule has 146 valence electrons. The van der Waals surface area contributed by atoms with Crippen LogP contribution < -0.4 is 0 Å². The largest absolute Gasteiger partial charge is 0.479 e. The molecule has 2 rings (SSSR count). The molecule has 0 radical (unpaired) electrons. The summed E-state index contributed by atoms with van der Waals surface area (Å²) >= 11 is 0. The number of rotatable bonds is 10. The minimum absolute atomic E-state index is 0.281. The molecule has 0 amide bonds. The van der Waals surface area contributed by atoms with E-state index in [1.54, 1.807) is 0 Å². The van der Waals surface area contributed by atoms with Crippen molar-refractivity contribution in [2.24, 2.45) is 0 Å². The fraction of sp³-hybridized carbons (Fsp3) is 0.722. The molecule has 8 heteroatoms. The van der Waals surface area contributed by atoms with Gasteiger partial charge < -0.3 is 24.8 Å². The first-order chi connectivity index (χ1) is 12.3. The lowest BCUT2D eigenvalue weighted by molar-refractivity contribution is -0.195. The highest BCUT2D eigenvalue weighted by atomic mass is 16.7. The van der Waals surface area contributed by atoms with Gasteiger partial charge in [-0.05, 0) is 25.7 Å². The molecule has 26 heavy (non-hydrogen) atoms. The molecule has 0 aromatic heterocycles. The second-order valence-electron chi connectivity index (χ2n) is 6.94. The first kappa shape index (κ1) is 20.4. The SMILES string of the molecule is C=CCCCCCCCCC1C[C@]2(OC(=O)[C@H](O)C2(O)C(=O)O)C(=O)O1. The van der Waals surface area contributed by atoms with Crippen molar-refractivity contribution in [3.8, 4) is 0 Å². The van der Waals surface area contributed by atoms with E-state index >= 15 is 0 Å². The number of aliphatic carboxylic acids is 1. The third-order valence-electron chi connectivity index (χ3n) is 5.14. The van der Waals surface area contributed by atoms with Crippen LogP contribution in [0.25, 0.3) is 0 Å². The van der Waals surface area contributed by atoms with Crippen molar-refractivity contribution in [1.82, 2.24) is 0 Å². The Hall–Kier alpha value is -1.93. The molecule has 2 fully saturated rings. The van der Waals surface area contributed by atoms with Gasteiger partial charge in [-0.1, -0.05) is 31.8 Å². The van der Waals surface area contributed by atoms with Crippen molar-refractivity contribution >= 4 is 17.9 Å². The van der Waals surface area contributed by atoms with Gasteiger partial charge in [-0.15, -0.1) is 6.58 Å². The van der Waals surface area contributed by atoms with Gasteiger partial charge in [0.25, 0.3) is 5.60 Å². The zero-order valence-electron chi connectivity index (χ0n) is 14.7. The number of carbonyl (C=O) groups is 3. The molecule has 8 nitrogen and oxygen atoms in total. The van der Waals surface area contributed by atoms with Crippen molar-refractivity contribution in [3.05, 3.63) is 12.7 Å². The molecule has 0 aromatic carbocycles. The van der Waals surface area contributed by atoms with Crippen LogP contribution in [0.5, 0.6) is 0 Å². The summed E-state index contributed by atoms with van der Waals surface area (Å²) in [5.74, 6) is -4.36. The summed E-state index contributed by atoms with van der Waals surface area (Å²) < 4.78 is 9.96. The highest BCUT2D eigenvalue weighted by molar-refractivity contribution is 6.02. The second kappa shape index (κ2) is 8.18. The predicted molar refractivity (Wildman–Crippen MR) is 89.0 cm³/mol. The van der Waals surface area contributed by atoms with E-state index in [4.69, 9.17) is 9.47 Å². The van der Waals surface area contributed by atoms with E-state index < -0.39 is 41.3 Å². The smallest absolute Gasteiger partial charge is 0.354 e. The molecule has 3 N–H and O–H groups in total. The first-order valence-electron chi connectivity index (χ1n) is 8.98. The maximum absolute atomic E-state index is 12.2. The number of unbranched alkanes of at least 4 members (excludes halogenated alkanes) is 6. The zero-order chi connectivity index (χ0) is 19.4. The molecule has 0 saturated carbocycles. The van der Waals surface area contributed by atoms with Crippen LogP contribution in [0.3, 0.4) is 0 Å². The molecule has 1 spiro atoms. The normalized spacial score (nSPS) is 33.3. The Morgan fingerprint density at radius 3 is 2.42 bits per heavy atom. The third-order valence-corrected chi connectivity index (χ3v) is 5.14. The van der Waals surface area contributed by atoms with E-state index in [1.807, 2.05) is 6.08 Å². The number of hydrogen-bond donors (Lipinski definition) is 3. The van der Waals surface area contributed by atoms with Crippen molar-refractivity contribution in [1.29, 1.82) is 0 Å². The maximum atomic E-state index is 12.2. The summed E-state index contributed by atoms with van der Waals surface area (Å²) in [6.45, 7) is 3.68. The summed E-state index contributed by atoms with van der Waals surface area (Å²) in [6, 6.07) is 0. The molecule has 2 aliphatic heterocycles. The molecule has 2 unspecified atom stereocenters. The number of cyclic esters (lactones) is 1. The van der Waals surface area contributed by atoms with Gasteiger partial charge in [0.15, 0.2) is 6.10 Å². The van der Waals surface area contributed by atoms with Gasteiger partial charge in [-0.2, -0.15) is 0 Å². The topological polar surface area (TPSA) is 130 Å². The minimum Gasteiger partial charge on any atom is -0.479 e. The molecule has 2 aliphatic rings. The number of aliphatic hydroxyl groups is 2. The fourth-order valence-corrected chi connectivity index (χ4v) is 3.60. The Balaban J connectivity index is 1.87. The average Bonchev–Trinajstić information content (AvgIpc) is 3.01. The number of esters is 2. The highest BCUT2D eigenvalue weighted by Crippen LogP contribution is 2.46. The van der Waals surface area contributed by atoms with Crippen LogP contribution in [0.4, 0.5) is 0 Å². The van der Waals surface area contributed by atoms with E-state index in [0.717, 1.165) is 44.9 Å². The molecule has 2 saturated heterocycles. The molecular weight excluding hydrogens is 344 g/mol. The Kier molecular flexibility index (Phi) is 6.41. The van der Waals surface area contributed by atoms with E-state index in [9.17, 15) is 29.7 Å². The van der Waals surface area contributed by atoms with Gasteiger partial charge in [0, 0.05) is 6.42 Å². The van der Waals surface area contributed by atoms with Crippen LogP contribution in [-0.4, -0.2) is 56.6 Å². The molecule has 0 bridgehead atoms. The number of carboxylic acids is 1. The van der Waals surface area contributed by atoms with Crippen LogP contribution >= 0.6 is 0 Å². The Labute approximate surface area is 151 Å². The number of ether oxygens (including phenoxy) is 2. The molecule has 2 heterocycles. The summed E-state index contributed by atoms with van der Waals surface area (Å²) in [6.07, 6.45) is 6.20. The Morgan fingerprint density at radius 2 is 1.81 bits per heavy atom. The lowest BCUT2D eigenvalue weighted by atomic mass is 9.78. The number of hydrogen-bond acceptors (Lipinski definition) is 7. The summed E-state index contributed by atoms with van der Waals surface area (Å²) in [4.78, 5) is 35.3. The number of allylic oxidation sites excluding steroid dienone is 1. The Bertz CT molecular complexity index is 574. The zero-order valence-corrected chi connectivity index (χ0v) is 14.7. The quantitative estimate of drug-likeness (QED) is 0.296. The number of carbonyl (C=O) groups excluding carboxylic acids is 2. The summed E-state index contributed by atoms with van der Waals surface area (Å²) in [5.41, 5.74) is -5.42. The van der Waals surface area contributed by atoms with Crippen LogP contribution in [-0.2, 0) is 23.9 Å². The average molecular weight is 370 g/mol. The van der Waals surface area contributed by atoms with Gasteiger partial charge in [0.1, 0.15) is 6.10 Å². The van der Waals surface area contributed by atoms with Crippen molar-refractivity contribution in [2.45, 2.75) is 81.2 Å². The van der Waals surface area contributed by atoms with Crippen LogP contribution in [0.15, 0.2) is 12.7 Å². The van der Waals surface area contributed by atoms with Crippen molar-refractivity contribution < 1.29 is 39.2 Å². The summed E-state index contributed by atoms with van der Waals surface area (Å²) in [7, 11) is 0. The molecule has 0 aliphatic carbocycles. The number of aliphatic hydroxyl groups excluding tert-OH is 1. The Morgan fingerprint density at radius 1 is 1.19 bits per heavy atom. The maximum Gasteiger partial charge on any atom is 0.354 e. The van der Waals surface area contributed by atoms with E-state index in [-0.39, 0.29) is 6.42 Å². The van der Waals surface area contributed by atoms with E-state index in [1.165, 1.54) is 0 Å². The molecule has 0 aromatic rings. The first-order valence-corrected chi connectivity index (χ1v) is 8.98. The monoisotopic (exact) mass is 370 g/mol. The molecular formula is C18H26O8. The second-order valence-corrected chi connectivity index (χ2v) is 6.94. The van der Waals surface area contributed by atoms with Gasteiger partial charge >= 0.3 is 17.9 Å². The van der Waals surface area contributed by atoms with Crippen LogP contribution in [0, 0.1) is 0 Å². The minimum atomic E-state index is -3.04. The van der Waals surface area contributed by atoms with Gasteiger partial charge in [-0.3, -0.25) is 0 Å². The highest BCUT2D eigenvalue weighted by Gasteiger charge is 2.78. The summed E-state index contributed by atoms with van der Waals surface area (Å²) in [5, 5.41) is 29.4. The van der Waals surface area contributed by atoms with Gasteiger partial charge in [0.05, 0.1) is 0 Å². The van der Waals surface area contributed by atoms with Crippen molar-refractivity contribution in [2.75, 3.05) is 0 Å². The fourth-order valence-electron chi connectivity index (χ4n) is 3.60. The number of carboxylic acid groups (broad SMARTS) is 1. The lowest BCUT2D eigenvalue weighted by Gasteiger charge is -2.30. The van der Waals surface area contributed by atoms with Gasteiger partial charge in [-0.25, -0.2) is 14.4 Å². The predicted octanol–water partition coefficient (Wildman–Crippen LogP) is 1.08. The van der Waals surface area contributed by atoms with Crippen molar-refractivity contribution in [3.63, 3.8) is 0 Å². The van der Waals surface area contributed by atoms with E-state index in [2.05, 4.69) is 6.58 Å². The van der Waals surface area contributed by atoms with Crippen LogP contribution in [0.1, 0.15) is 57.8 Å².